The lowest BCUT2D eigenvalue weighted by Gasteiger charge is -2.14. The number of hydrogen-bond donors (Lipinski definition) is 0. The monoisotopic (exact) mass is 414 g/mol. The van der Waals surface area contributed by atoms with Crippen molar-refractivity contribution in [2.45, 2.75) is 24.8 Å². The summed E-state index contributed by atoms with van der Waals surface area (Å²) in [6, 6.07) is 10.1. The van der Waals surface area contributed by atoms with Crippen molar-refractivity contribution in [3.63, 3.8) is 0 Å². The number of hydrogen-bond acceptors (Lipinski definition) is 6. The van der Waals surface area contributed by atoms with Gasteiger partial charge in [-0.15, -0.1) is 21.5 Å². The van der Waals surface area contributed by atoms with Gasteiger partial charge in [-0.05, 0) is 56.2 Å². The molecule has 0 aliphatic carbocycles. The number of nitrogens with zero attached hydrogens (tertiary/aromatic N) is 4. The van der Waals surface area contributed by atoms with E-state index in [4.69, 9.17) is 0 Å². The SMILES string of the molecule is Cc1nc(-c2ccc(F)cc2)sc1-c1ccc(SCC(=O)N2CCCC2)nn1. The summed E-state index contributed by atoms with van der Waals surface area (Å²) in [5, 5.41) is 10.1. The van der Waals surface area contributed by atoms with E-state index in [-0.39, 0.29) is 11.7 Å². The number of carbonyl (C=O) groups excluding carboxylic acids is 1. The first-order chi connectivity index (χ1) is 13.6. The quantitative estimate of drug-likeness (QED) is 0.578. The summed E-state index contributed by atoms with van der Waals surface area (Å²) in [5.74, 6) is 0.289. The van der Waals surface area contributed by atoms with Gasteiger partial charge in [0.2, 0.25) is 5.91 Å². The molecule has 0 atom stereocenters. The molecule has 1 aliphatic heterocycles. The van der Waals surface area contributed by atoms with E-state index in [1.807, 2.05) is 24.0 Å². The molecular weight excluding hydrogens is 395 g/mol. The van der Waals surface area contributed by atoms with Crippen LogP contribution >= 0.6 is 23.1 Å². The molecule has 144 valence electrons. The fourth-order valence-electron chi connectivity index (χ4n) is 3.06. The number of halogens is 1. The van der Waals surface area contributed by atoms with E-state index in [1.54, 1.807) is 12.1 Å². The number of aromatic nitrogens is 3. The van der Waals surface area contributed by atoms with Gasteiger partial charge >= 0.3 is 0 Å². The lowest BCUT2D eigenvalue weighted by atomic mass is 10.2. The van der Waals surface area contributed by atoms with Gasteiger partial charge in [0.25, 0.3) is 0 Å². The van der Waals surface area contributed by atoms with Gasteiger partial charge in [-0.25, -0.2) is 9.37 Å². The van der Waals surface area contributed by atoms with Gasteiger partial charge in [0.15, 0.2) is 0 Å². The number of rotatable bonds is 5. The summed E-state index contributed by atoms with van der Waals surface area (Å²) in [6.45, 7) is 3.66. The Morgan fingerprint density at radius 2 is 1.89 bits per heavy atom. The average Bonchev–Trinajstić information content (AvgIpc) is 3.37. The molecule has 28 heavy (non-hydrogen) atoms. The van der Waals surface area contributed by atoms with Gasteiger partial charge in [-0.2, -0.15) is 0 Å². The third-order valence-corrected chi connectivity index (χ3v) is 6.70. The van der Waals surface area contributed by atoms with Gasteiger partial charge in [0, 0.05) is 18.7 Å². The van der Waals surface area contributed by atoms with E-state index in [0.29, 0.717) is 5.75 Å². The Balaban J connectivity index is 1.45. The summed E-state index contributed by atoms with van der Waals surface area (Å²) < 4.78 is 13.1. The van der Waals surface area contributed by atoms with E-state index in [2.05, 4.69) is 15.2 Å². The molecule has 3 heterocycles. The average molecular weight is 415 g/mol. The fraction of sp³-hybridized carbons (Fsp3) is 0.300. The number of thiazole rings is 1. The lowest BCUT2D eigenvalue weighted by molar-refractivity contribution is -0.127. The molecule has 4 rings (SSSR count). The van der Waals surface area contributed by atoms with E-state index >= 15 is 0 Å². The smallest absolute Gasteiger partial charge is 0.232 e. The Hall–Kier alpha value is -2.32. The van der Waals surface area contributed by atoms with Crippen LogP contribution in [0, 0.1) is 12.7 Å². The maximum absolute atomic E-state index is 13.1. The molecule has 0 spiro atoms. The first kappa shape index (κ1) is 19.0. The number of benzene rings is 1. The number of likely N-dealkylation sites (tertiary alicyclic amines) is 1. The van der Waals surface area contributed by atoms with E-state index in [0.717, 1.165) is 57.8 Å². The molecule has 1 saturated heterocycles. The number of carbonyl (C=O) groups is 1. The van der Waals surface area contributed by atoms with Crippen LogP contribution < -0.4 is 0 Å². The van der Waals surface area contributed by atoms with E-state index < -0.39 is 0 Å². The van der Waals surface area contributed by atoms with Crippen molar-refractivity contribution in [1.29, 1.82) is 0 Å². The summed E-state index contributed by atoms with van der Waals surface area (Å²) in [7, 11) is 0. The zero-order valence-corrected chi connectivity index (χ0v) is 17.0. The summed E-state index contributed by atoms with van der Waals surface area (Å²) in [5.41, 5.74) is 2.49. The van der Waals surface area contributed by atoms with Crippen molar-refractivity contribution in [2.75, 3.05) is 18.8 Å². The molecule has 0 radical (unpaired) electrons. The molecule has 1 aliphatic rings. The maximum atomic E-state index is 13.1. The summed E-state index contributed by atoms with van der Waals surface area (Å²) >= 11 is 2.92. The summed E-state index contributed by atoms with van der Waals surface area (Å²) in [6.07, 6.45) is 2.19. The minimum Gasteiger partial charge on any atom is -0.342 e. The molecule has 5 nitrogen and oxygen atoms in total. The zero-order valence-electron chi connectivity index (χ0n) is 15.4. The third kappa shape index (κ3) is 4.23. The second-order valence-electron chi connectivity index (χ2n) is 6.57. The molecule has 1 aromatic carbocycles. The van der Waals surface area contributed by atoms with Crippen LogP contribution in [0.1, 0.15) is 18.5 Å². The van der Waals surface area contributed by atoms with Crippen LogP contribution in [0.15, 0.2) is 41.4 Å². The highest BCUT2D eigenvalue weighted by atomic mass is 32.2. The van der Waals surface area contributed by atoms with Crippen molar-refractivity contribution >= 4 is 29.0 Å². The molecule has 0 N–H and O–H groups in total. The van der Waals surface area contributed by atoms with Gasteiger partial charge < -0.3 is 4.90 Å². The van der Waals surface area contributed by atoms with Crippen molar-refractivity contribution in [3.8, 4) is 21.1 Å². The molecule has 1 amide bonds. The van der Waals surface area contributed by atoms with Crippen molar-refractivity contribution in [2.24, 2.45) is 0 Å². The van der Waals surface area contributed by atoms with Crippen LogP contribution in [0.2, 0.25) is 0 Å². The van der Waals surface area contributed by atoms with Crippen molar-refractivity contribution < 1.29 is 9.18 Å². The minimum absolute atomic E-state index is 0.163. The van der Waals surface area contributed by atoms with Crippen LogP contribution in [0.4, 0.5) is 4.39 Å². The predicted molar refractivity (Wildman–Crippen MR) is 110 cm³/mol. The lowest BCUT2D eigenvalue weighted by Crippen LogP contribution is -2.29. The Bertz CT molecular complexity index is 967. The molecule has 0 unspecified atom stereocenters. The zero-order chi connectivity index (χ0) is 19.5. The molecule has 2 aromatic heterocycles. The van der Waals surface area contributed by atoms with E-state index in [1.165, 1.54) is 35.2 Å². The molecule has 1 fully saturated rings. The predicted octanol–water partition coefficient (Wildman–Crippen LogP) is 4.43. The highest BCUT2D eigenvalue weighted by Crippen LogP contribution is 2.34. The third-order valence-electron chi connectivity index (χ3n) is 4.56. The fourth-order valence-corrected chi connectivity index (χ4v) is 4.82. The van der Waals surface area contributed by atoms with Crippen LogP contribution in [0.25, 0.3) is 21.1 Å². The van der Waals surface area contributed by atoms with E-state index in [9.17, 15) is 9.18 Å². The first-order valence-electron chi connectivity index (χ1n) is 9.08. The Labute approximate surface area is 171 Å². The second kappa shape index (κ2) is 8.36. The van der Waals surface area contributed by atoms with Gasteiger partial charge in [-0.1, -0.05) is 11.8 Å². The molecule has 8 heteroatoms. The van der Waals surface area contributed by atoms with Crippen LogP contribution in [0.3, 0.4) is 0 Å². The number of thioether (sulfide) groups is 1. The summed E-state index contributed by atoms with van der Waals surface area (Å²) in [4.78, 5) is 19.6. The highest BCUT2D eigenvalue weighted by molar-refractivity contribution is 7.99. The van der Waals surface area contributed by atoms with Crippen LogP contribution in [-0.2, 0) is 4.79 Å². The largest absolute Gasteiger partial charge is 0.342 e. The first-order valence-corrected chi connectivity index (χ1v) is 10.9. The Kier molecular flexibility index (Phi) is 5.68. The Morgan fingerprint density at radius 1 is 1.14 bits per heavy atom. The normalized spacial score (nSPS) is 13.9. The number of amides is 1. The second-order valence-corrected chi connectivity index (χ2v) is 8.57. The maximum Gasteiger partial charge on any atom is 0.232 e. The molecular formula is C20H19FN4OS2. The molecule has 0 bridgehead atoms. The Morgan fingerprint density at radius 3 is 2.57 bits per heavy atom. The molecule has 0 saturated carbocycles. The van der Waals surface area contributed by atoms with Gasteiger partial charge in [0.1, 0.15) is 21.5 Å². The van der Waals surface area contributed by atoms with Crippen molar-refractivity contribution in [1.82, 2.24) is 20.1 Å². The minimum atomic E-state index is -0.264. The molecule has 3 aromatic rings. The van der Waals surface area contributed by atoms with Crippen LogP contribution in [-0.4, -0.2) is 44.8 Å². The van der Waals surface area contributed by atoms with Gasteiger partial charge in [0.05, 0.1) is 16.3 Å². The van der Waals surface area contributed by atoms with Crippen molar-refractivity contribution in [3.05, 3.63) is 47.9 Å². The number of aryl methyl sites for hydroxylation is 1. The standard InChI is InChI=1S/C20H19FN4OS2/c1-13-19(28-20(22-13)14-4-6-15(21)7-5-14)16-8-9-17(24-23-16)27-12-18(26)25-10-2-3-11-25/h4-9H,2-3,10-12H2,1H3. The van der Waals surface area contributed by atoms with Gasteiger partial charge in [-0.3, -0.25) is 4.79 Å². The topological polar surface area (TPSA) is 59.0 Å². The highest BCUT2D eigenvalue weighted by Gasteiger charge is 2.18. The van der Waals surface area contributed by atoms with Crippen LogP contribution in [0.5, 0.6) is 0 Å².